The van der Waals surface area contributed by atoms with E-state index in [0.717, 1.165) is 17.9 Å². The Morgan fingerprint density at radius 2 is 2.00 bits per heavy atom. The van der Waals surface area contributed by atoms with Crippen molar-refractivity contribution in [2.45, 2.75) is 56.4 Å². The Labute approximate surface area is 164 Å². The monoisotopic (exact) mass is 389 g/mol. The van der Waals surface area contributed by atoms with Crippen molar-refractivity contribution in [3.05, 3.63) is 24.3 Å². The van der Waals surface area contributed by atoms with Gasteiger partial charge in [0.05, 0.1) is 11.9 Å². The van der Waals surface area contributed by atoms with Gasteiger partial charge in [-0.3, -0.25) is 4.79 Å². The molecule has 27 heavy (non-hydrogen) atoms. The summed E-state index contributed by atoms with van der Waals surface area (Å²) in [6.07, 6.45) is 6.32. The number of carbonyl (C=O) groups is 1. The zero-order valence-electron chi connectivity index (χ0n) is 15.9. The molecule has 1 heterocycles. The molecule has 2 aromatic rings. The van der Waals surface area contributed by atoms with Gasteiger partial charge in [-0.05, 0) is 56.9 Å². The van der Waals surface area contributed by atoms with E-state index in [1.54, 1.807) is 0 Å². The molecule has 1 aliphatic rings. The minimum atomic E-state index is -0.276. The fraction of sp³-hybridized carbons (Fsp3) is 0.550. The first-order chi connectivity index (χ1) is 13.2. The van der Waals surface area contributed by atoms with Crippen LogP contribution in [0.25, 0.3) is 11.5 Å². The number of nitrogens with zero attached hydrogens (tertiary/aromatic N) is 2. The van der Waals surface area contributed by atoms with E-state index >= 15 is 0 Å². The zero-order valence-corrected chi connectivity index (χ0v) is 16.8. The van der Waals surface area contributed by atoms with Gasteiger partial charge < -0.3 is 14.5 Å². The molecule has 1 aromatic carbocycles. The number of benzene rings is 1. The van der Waals surface area contributed by atoms with Crippen LogP contribution < -0.4 is 10.1 Å². The van der Waals surface area contributed by atoms with Crippen LogP contribution >= 0.6 is 11.8 Å². The summed E-state index contributed by atoms with van der Waals surface area (Å²) in [5.74, 6) is 1.88. The van der Waals surface area contributed by atoms with Gasteiger partial charge in [-0.1, -0.05) is 31.0 Å². The van der Waals surface area contributed by atoms with Crippen LogP contribution in [0, 0.1) is 5.92 Å². The molecular weight excluding hydrogens is 362 g/mol. The van der Waals surface area contributed by atoms with Gasteiger partial charge in [-0.25, -0.2) is 0 Å². The van der Waals surface area contributed by atoms with Crippen molar-refractivity contribution in [3.63, 3.8) is 0 Å². The number of hydrogen-bond acceptors (Lipinski definition) is 6. The maximum atomic E-state index is 12.3. The van der Waals surface area contributed by atoms with E-state index in [9.17, 15) is 4.79 Å². The number of aromatic nitrogens is 2. The molecular formula is C20H27N3O3S. The maximum absolute atomic E-state index is 12.3. The predicted molar refractivity (Wildman–Crippen MR) is 106 cm³/mol. The van der Waals surface area contributed by atoms with Crippen molar-refractivity contribution in [3.8, 4) is 17.2 Å². The molecule has 146 valence electrons. The minimum Gasteiger partial charge on any atom is -0.494 e. The molecule has 1 aliphatic carbocycles. The highest BCUT2D eigenvalue weighted by molar-refractivity contribution is 8.00. The van der Waals surface area contributed by atoms with Crippen LogP contribution in [0.1, 0.15) is 46.0 Å². The summed E-state index contributed by atoms with van der Waals surface area (Å²) in [6, 6.07) is 7.51. The second-order valence-electron chi connectivity index (χ2n) is 6.84. The largest absolute Gasteiger partial charge is 0.494 e. The summed E-state index contributed by atoms with van der Waals surface area (Å²) in [7, 11) is 0. The normalized spacial score (nSPS) is 16.1. The molecule has 0 spiro atoms. The van der Waals surface area contributed by atoms with Crippen molar-refractivity contribution in [1.82, 2.24) is 15.5 Å². The van der Waals surface area contributed by atoms with Crippen molar-refractivity contribution in [2.24, 2.45) is 5.92 Å². The van der Waals surface area contributed by atoms with Gasteiger partial charge in [0, 0.05) is 12.1 Å². The number of amides is 1. The van der Waals surface area contributed by atoms with Crippen molar-refractivity contribution < 1.29 is 13.9 Å². The Morgan fingerprint density at radius 3 is 2.70 bits per heavy atom. The molecule has 1 saturated carbocycles. The summed E-state index contributed by atoms with van der Waals surface area (Å²) in [4.78, 5) is 12.3. The van der Waals surface area contributed by atoms with Crippen LogP contribution in [0.3, 0.4) is 0 Å². The van der Waals surface area contributed by atoms with Crippen LogP contribution in [0.5, 0.6) is 5.75 Å². The lowest BCUT2D eigenvalue weighted by Gasteiger charge is -2.22. The smallest absolute Gasteiger partial charge is 0.277 e. The van der Waals surface area contributed by atoms with Crippen LogP contribution in [0.2, 0.25) is 0 Å². The first-order valence-electron chi connectivity index (χ1n) is 9.67. The quantitative estimate of drug-likeness (QED) is 0.678. The van der Waals surface area contributed by atoms with E-state index in [-0.39, 0.29) is 11.2 Å². The highest BCUT2D eigenvalue weighted by Crippen LogP contribution is 2.27. The summed E-state index contributed by atoms with van der Waals surface area (Å²) >= 11 is 1.29. The lowest BCUT2D eigenvalue weighted by molar-refractivity contribution is -0.120. The molecule has 1 aromatic heterocycles. The van der Waals surface area contributed by atoms with Gasteiger partial charge in [0.25, 0.3) is 5.22 Å². The summed E-state index contributed by atoms with van der Waals surface area (Å²) < 4.78 is 11.1. The number of hydrogen-bond donors (Lipinski definition) is 1. The Bertz CT molecular complexity index is 726. The Kier molecular flexibility index (Phi) is 7.15. The van der Waals surface area contributed by atoms with Crippen molar-refractivity contribution >= 4 is 17.7 Å². The topological polar surface area (TPSA) is 77.2 Å². The van der Waals surface area contributed by atoms with E-state index in [4.69, 9.17) is 9.15 Å². The highest BCUT2D eigenvalue weighted by atomic mass is 32.2. The van der Waals surface area contributed by atoms with Gasteiger partial charge in [-0.15, -0.1) is 10.2 Å². The Hall–Kier alpha value is -2.02. The fourth-order valence-electron chi connectivity index (χ4n) is 3.22. The molecule has 3 rings (SSSR count). The predicted octanol–water partition coefficient (Wildman–Crippen LogP) is 4.31. The first kappa shape index (κ1) is 19.7. The summed E-state index contributed by atoms with van der Waals surface area (Å²) in [5, 5.41) is 11.3. The average Bonchev–Trinajstić information content (AvgIpc) is 3.16. The molecule has 7 heteroatoms. The molecule has 0 saturated heterocycles. The Morgan fingerprint density at radius 1 is 1.26 bits per heavy atom. The molecule has 1 N–H and O–H groups in total. The molecule has 0 radical (unpaired) electrons. The lowest BCUT2D eigenvalue weighted by atomic mass is 9.89. The zero-order chi connectivity index (χ0) is 19.1. The number of ether oxygens (including phenoxy) is 1. The van der Waals surface area contributed by atoms with Crippen LogP contribution in [-0.4, -0.2) is 34.5 Å². The average molecular weight is 390 g/mol. The van der Waals surface area contributed by atoms with E-state index < -0.39 is 0 Å². The lowest BCUT2D eigenvalue weighted by Crippen LogP contribution is -2.35. The highest BCUT2D eigenvalue weighted by Gasteiger charge is 2.20. The van der Waals surface area contributed by atoms with Crippen LogP contribution in [0.4, 0.5) is 0 Å². The molecule has 6 nitrogen and oxygen atoms in total. The third-order valence-corrected chi connectivity index (χ3v) is 5.69. The summed E-state index contributed by atoms with van der Waals surface area (Å²) in [5.41, 5.74) is 0.826. The molecule has 1 fully saturated rings. The first-order valence-corrected chi connectivity index (χ1v) is 10.5. The third-order valence-electron chi connectivity index (χ3n) is 4.76. The number of thioether (sulfide) groups is 1. The molecule has 0 unspecified atom stereocenters. The van der Waals surface area contributed by atoms with Gasteiger partial charge in [0.1, 0.15) is 5.75 Å². The number of carbonyl (C=O) groups excluding carboxylic acids is 1. The SMILES string of the molecule is CCOc1ccc(-c2nnc(S[C@H](C)C(=O)NCC3CCCCC3)o2)cc1. The second-order valence-corrected chi connectivity index (χ2v) is 8.13. The molecule has 1 atom stereocenters. The van der Waals surface area contributed by atoms with Crippen molar-refractivity contribution in [2.75, 3.05) is 13.2 Å². The standard InChI is InChI=1S/C20H27N3O3S/c1-3-25-17-11-9-16(10-12-17)19-22-23-20(26-19)27-14(2)18(24)21-13-15-7-5-4-6-8-15/h9-12,14-15H,3-8,13H2,1-2H3,(H,21,24)/t14-/m1/s1. The minimum absolute atomic E-state index is 0.0198. The van der Waals surface area contributed by atoms with Gasteiger partial charge in [-0.2, -0.15) is 0 Å². The fourth-order valence-corrected chi connectivity index (χ4v) is 3.93. The number of nitrogens with one attached hydrogen (secondary N) is 1. The van der Waals surface area contributed by atoms with Gasteiger partial charge in [0.15, 0.2) is 0 Å². The second kappa shape index (κ2) is 9.78. The van der Waals surface area contributed by atoms with Gasteiger partial charge >= 0.3 is 0 Å². The van der Waals surface area contributed by atoms with E-state index in [1.807, 2.05) is 38.1 Å². The van der Waals surface area contributed by atoms with E-state index in [0.29, 0.717) is 23.6 Å². The summed E-state index contributed by atoms with van der Waals surface area (Å²) in [6.45, 7) is 5.20. The Balaban J connectivity index is 1.50. The maximum Gasteiger partial charge on any atom is 0.277 e. The van der Waals surface area contributed by atoms with Crippen LogP contribution in [0.15, 0.2) is 33.9 Å². The van der Waals surface area contributed by atoms with Crippen LogP contribution in [-0.2, 0) is 4.79 Å². The van der Waals surface area contributed by atoms with Gasteiger partial charge in [0.2, 0.25) is 11.8 Å². The number of rotatable bonds is 8. The molecule has 1 amide bonds. The van der Waals surface area contributed by atoms with Crippen molar-refractivity contribution in [1.29, 1.82) is 0 Å². The molecule has 0 aliphatic heterocycles. The molecule has 0 bridgehead atoms. The third kappa shape index (κ3) is 5.73. The van der Waals surface area contributed by atoms with E-state index in [2.05, 4.69) is 15.5 Å². The van der Waals surface area contributed by atoms with E-state index in [1.165, 1.54) is 43.9 Å².